The molecule has 0 saturated heterocycles. The van der Waals surface area contributed by atoms with Crippen LogP contribution in [0.15, 0.2) is 107 Å². The zero-order valence-electron chi connectivity index (χ0n) is 27.6. The molecule has 0 radical (unpaired) electrons. The van der Waals surface area contributed by atoms with Gasteiger partial charge in [-0.2, -0.15) is 0 Å². The van der Waals surface area contributed by atoms with E-state index in [1.54, 1.807) is 12.1 Å². The molecule has 4 N–H and O–H groups in total. The largest absolute Gasteiger partial charge is 0.478 e. The van der Waals surface area contributed by atoms with Crippen LogP contribution in [0.1, 0.15) is 43.0 Å². The van der Waals surface area contributed by atoms with Gasteiger partial charge in [0, 0.05) is 71.0 Å². The molecule has 0 fully saturated rings. The fourth-order valence-electron chi connectivity index (χ4n) is 5.60. The average Bonchev–Trinajstić information content (AvgIpc) is 3.44. The third kappa shape index (κ3) is 10.2. The van der Waals surface area contributed by atoms with E-state index in [9.17, 15) is 29.4 Å². The van der Waals surface area contributed by atoms with Gasteiger partial charge in [-0.1, -0.05) is 48.5 Å². The number of thioether (sulfide) groups is 2. The van der Waals surface area contributed by atoms with E-state index in [2.05, 4.69) is 58.3 Å². The SMILES string of the molecule is Cc1c(C(=O)O)cccc1N1CCSc2ccccc2C1.Cc1c(C(=O)O)cccc1N1CCSc2ccccc2C1.O=C(O)/C=C/C(=O)O. The highest BCUT2D eigenvalue weighted by Gasteiger charge is 2.20. The quantitative estimate of drug-likeness (QED) is 0.148. The van der Waals surface area contributed by atoms with Crippen LogP contribution < -0.4 is 9.80 Å². The summed E-state index contributed by atoms with van der Waals surface area (Å²) in [5, 5.41) is 34.2. The third-order valence-corrected chi connectivity index (χ3v) is 10.2. The summed E-state index contributed by atoms with van der Waals surface area (Å²) in [6, 6.07) is 27.9. The first-order chi connectivity index (χ1) is 24.0. The maximum absolute atomic E-state index is 11.3. The maximum Gasteiger partial charge on any atom is 0.336 e. The van der Waals surface area contributed by atoms with E-state index in [-0.39, 0.29) is 0 Å². The van der Waals surface area contributed by atoms with E-state index < -0.39 is 23.9 Å². The average molecular weight is 715 g/mol. The molecule has 2 heterocycles. The molecule has 0 atom stereocenters. The summed E-state index contributed by atoms with van der Waals surface area (Å²) in [5.41, 5.74) is 7.11. The Morgan fingerprint density at radius 3 is 1.30 bits per heavy atom. The molecular weight excluding hydrogens is 677 g/mol. The molecule has 0 amide bonds. The van der Waals surface area contributed by atoms with Crippen LogP contribution in [0.2, 0.25) is 0 Å². The van der Waals surface area contributed by atoms with Crippen LogP contribution >= 0.6 is 23.5 Å². The molecule has 50 heavy (non-hydrogen) atoms. The number of carbonyl (C=O) groups is 4. The van der Waals surface area contributed by atoms with Crippen molar-refractivity contribution in [3.05, 3.63) is 130 Å². The minimum absolute atomic E-state index is 0.387. The molecule has 0 spiro atoms. The molecule has 12 heteroatoms. The highest BCUT2D eigenvalue weighted by atomic mass is 32.2. The highest BCUT2D eigenvalue weighted by Crippen LogP contribution is 2.33. The monoisotopic (exact) mass is 714 g/mol. The lowest BCUT2D eigenvalue weighted by atomic mass is 10.1. The number of aliphatic carboxylic acids is 2. The van der Waals surface area contributed by atoms with Crippen molar-refractivity contribution in [3.63, 3.8) is 0 Å². The fourth-order valence-corrected chi connectivity index (χ4v) is 7.65. The second-order valence-corrected chi connectivity index (χ2v) is 13.5. The number of hydrogen-bond donors (Lipinski definition) is 4. The number of carboxylic acids is 4. The number of anilines is 2. The second-order valence-electron chi connectivity index (χ2n) is 11.3. The first-order valence-corrected chi connectivity index (χ1v) is 17.6. The summed E-state index contributed by atoms with van der Waals surface area (Å²) in [6.07, 6.45) is 1.12. The number of carboxylic acid groups (broad SMARTS) is 4. The topological polar surface area (TPSA) is 156 Å². The molecule has 6 rings (SSSR count). The van der Waals surface area contributed by atoms with Gasteiger partial charge in [0.05, 0.1) is 11.1 Å². The van der Waals surface area contributed by atoms with E-state index >= 15 is 0 Å². The smallest absolute Gasteiger partial charge is 0.336 e. The van der Waals surface area contributed by atoms with E-state index in [1.165, 1.54) is 20.9 Å². The Morgan fingerprint density at radius 2 is 0.940 bits per heavy atom. The summed E-state index contributed by atoms with van der Waals surface area (Å²) < 4.78 is 0. The first kappa shape index (κ1) is 37.6. The molecule has 0 aliphatic carbocycles. The number of fused-ring (bicyclic) bond motifs is 2. The Hall–Kier alpha value is -5.20. The standard InChI is InChI=1S/2C17H17NO2S.C4H4O4/c2*1-12-14(17(19)20)6-4-7-15(12)18-9-10-21-16-8-3-2-5-13(16)11-18;5-3(6)1-2-4(7)8/h2*2-8H,9-11H2,1H3,(H,19,20);1-2H,(H,5,6)(H,7,8)/b;;2-1+. The Labute approximate surface area is 299 Å². The lowest BCUT2D eigenvalue weighted by molar-refractivity contribution is -0.134. The van der Waals surface area contributed by atoms with Gasteiger partial charge in [0.1, 0.15) is 0 Å². The van der Waals surface area contributed by atoms with Crippen LogP contribution in [0, 0.1) is 13.8 Å². The van der Waals surface area contributed by atoms with Crippen LogP contribution in [0.4, 0.5) is 11.4 Å². The van der Waals surface area contributed by atoms with Crippen molar-refractivity contribution >= 4 is 58.8 Å². The van der Waals surface area contributed by atoms with Crippen molar-refractivity contribution in [2.45, 2.75) is 36.7 Å². The number of benzene rings is 4. The second kappa shape index (κ2) is 18.0. The number of hydrogen-bond acceptors (Lipinski definition) is 8. The summed E-state index contributed by atoms with van der Waals surface area (Å²) in [4.78, 5) is 48.9. The predicted octanol–water partition coefficient (Wildman–Crippen LogP) is 7.32. The van der Waals surface area contributed by atoms with Crippen molar-refractivity contribution in [2.24, 2.45) is 0 Å². The van der Waals surface area contributed by atoms with Gasteiger partial charge in [-0.3, -0.25) is 0 Å². The lowest BCUT2D eigenvalue weighted by Crippen LogP contribution is -2.25. The summed E-state index contributed by atoms with van der Waals surface area (Å²) in [5.74, 6) is -2.22. The minimum atomic E-state index is -1.26. The van der Waals surface area contributed by atoms with Gasteiger partial charge < -0.3 is 30.2 Å². The van der Waals surface area contributed by atoms with Crippen LogP contribution in [0.25, 0.3) is 0 Å². The van der Waals surface area contributed by atoms with Gasteiger partial charge in [-0.05, 0) is 72.5 Å². The minimum Gasteiger partial charge on any atom is -0.478 e. The molecule has 0 bridgehead atoms. The molecule has 0 aromatic heterocycles. The normalized spacial score (nSPS) is 13.6. The predicted molar refractivity (Wildman–Crippen MR) is 197 cm³/mol. The zero-order valence-corrected chi connectivity index (χ0v) is 29.2. The van der Waals surface area contributed by atoms with Crippen LogP contribution in [-0.2, 0) is 22.7 Å². The number of aromatic carboxylic acids is 2. The van der Waals surface area contributed by atoms with E-state index in [1.807, 2.05) is 61.6 Å². The summed E-state index contributed by atoms with van der Waals surface area (Å²) >= 11 is 3.73. The number of nitrogens with zero attached hydrogens (tertiary/aromatic N) is 2. The Balaban J connectivity index is 0.000000186. The first-order valence-electron chi connectivity index (χ1n) is 15.7. The van der Waals surface area contributed by atoms with E-state index in [0.29, 0.717) is 23.3 Å². The Morgan fingerprint density at radius 1 is 0.560 bits per heavy atom. The summed E-state index contributed by atoms with van der Waals surface area (Å²) in [6.45, 7) is 7.28. The zero-order chi connectivity index (χ0) is 36.2. The van der Waals surface area contributed by atoms with Crippen molar-refractivity contribution in [3.8, 4) is 0 Å². The Bertz CT molecular complexity index is 1760. The molecule has 260 valence electrons. The molecular formula is C38H38N2O8S2. The molecule has 0 unspecified atom stereocenters. The molecule has 4 aromatic carbocycles. The van der Waals surface area contributed by atoms with E-state index in [0.717, 1.165) is 60.2 Å². The molecule has 10 nitrogen and oxygen atoms in total. The van der Waals surface area contributed by atoms with Gasteiger partial charge in [0.25, 0.3) is 0 Å². The molecule has 0 saturated carbocycles. The van der Waals surface area contributed by atoms with Crippen molar-refractivity contribution < 1.29 is 39.6 Å². The van der Waals surface area contributed by atoms with Crippen LogP contribution in [-0.4, -0.2) is 68.9 Å². The maximum atomic E-state index is 11.3. The van der Waals surface area contributed by atoms with Gasteiger partial charge >= 0.3 is 23.9 Å². The lowest BCUT2D eigenvalue weighted by Gasteiger charge is -2.25. The molecule has 4 aromatic rings. The molecule has 2 aliphatic rings. The van der Waals surface area contributed by atoms with Crippen molar-refractivity contribution in [1.29, 1.82) is 0 Å². The van der Waals surface area contributed by atoms with E-state index in [4.69, 9.17) is 10.2 Å². The van der Waals surface area contributed by atoms with Gasteiger partial charge in [0.2, 0.25) is 0 Å². The van der Waals surface area contributed by atoms with Gasteiger partial charge in [-0.15, -0.1) is 23.5 Å². The molecule has 2 aliphatic heterocycles. The van der Waals surface area contributed by atoms with Crippen LogP contribution in [0.3, 0.4) is 0 Å². The fraction of sp³-hybridized carbons (Fsp3) is 0.211. The number of rotatable bonds is 6. The van der Waals surface area contributed by atoms with Gasteiger partial charge in [0.15, 0.2) is 0 Å². The highest BCUT2D eigenvalue weighted by molar-refractivity contribution is 7.99. The van der Waals surface area contributed by atoms with Crippen LogP contribution in [0.5, 0.6) is 0 Å². The summed E-state index contributed by atoms with van der Waals surface area (Å²) in [7, 11) is 0. The van der Waals surface area contributed by atoms with Gasteiger partial charge in [-0.25, -0.2) is 19.2 Å². The Kier molecular flexibility index (Phi) is 13.5. The third-order valence-electron chi connectivity index (χ3n) is 8.03. The van der Waals surface area contributed by atoms with Crippen molar-refractivity contribution in [1.82, 2.24) is 0 Å². The van der Waals surface area contributed by atoms with Crippen molar-refractivity contribution in [2.75, 3.05) is 34.4 Å².